The number of benzene rings is 1. The zero-order valence-electron chi connectivity index (χ0n) is 14.0. The third-order valence-electron chi connectivity index (χ3n) is 5.24. The molecule has 130 valence electrons. The summed E-state index contributed by atoms with van der Waals surface area (Å²) in [5, 5.41) is 3.21. The fraction of sp³-hybridized carbons (Fsp3) is 0.579. The first kappa shape index (κ1) is 17.3. The fourth-order valence-electron chi connectivity index (χ4n) is 3.74. The number of thiol groups is 1. The molecule has 2 aliphatic rings. The Bertz CT molecular complexity index is 591. The molecule has 2 fully saturated rings. The molecule has 1 saturated carbocycles. The second-order valence-electron chi connectivity index (χ2n) is 6.93. The van der Waals surface area contributed by atoms with Crippen LogP contribution < -0.4 is 5.32 Å². The summed E-state index contributed by atoms with van der Waals surface area (Å²) in [7, 11) is 0. The number of hydrogen-bond donors (Lipinski definition) is 2. The Labute approximate surface area is 149 Å². The lowest BCUT2D eigenvalue weighted by Crippen LogP contribution is -2.48. The normalized spacial score (nSPS) is 20.0. The molecule has 0 spiro atoms. The lowest BCUT2D eigenvalue weighted by Gasteiger charge is -2.33. The molecule has 0 unspecified atom stereocenters. The van der Waals surface area contributed by atoms with Crippen LogP contribution in [0.1, 0.15) is 55.3 Å². The van der Waals surface area contributed by atoms with Crippen LogP contribution in [0.4, 0.5) is 0 Å². The minimum Gasteiger partial charge on any atom is -0.353 e. The van der Waals surface area contributed by atoms with Crippen molar-refractivity contribution in [3.05, 3.63) is 29.8 Å². The van der Waals surface area contributed by atoms with E-state index in [-0.39, 0.29) is 23.8 Å². The van der Waals surface area contributed by atoms with Crippen molar-refractivity contribution in [3.8, 4) is 0 Å². The van der Waals surface area contributed by atoms with Crippen LogP contribution in [0.5, 0.6) is 0 Å². The van der Waals surface area contributed by atoms with Crippen molar-refractivity contribution in [3.63, 3.8) is 0 Å². The van der Waals surface area contributed by atoms with E-state index in [0.717, 1.165) is 30.6 Å². The average Bonchev–Trinajstić information content (AvgIpc) is 2.63. The molecular weight excluding hydrogens is 320 g/mol. The van der Waals surface area contributed by atoms with Crippen LogP contribution in [0.3, 0.4) is 0 Å². The fourth-order valence-corrected chi connectivity index (χ4v) is 3.99. The van der Waals surface area contributed by atoms with Crippen molar-refractivity contribution in [1.29, 1.82) is 0 Å². The third kappa shape index (κ3) is 4.12. The van der Waals surface area contributed by atoms with Gasteiger partial charge in [0.1, 0.15) is 0 Å². The summed E-state index contributed by atoms with van der Waals surface area (Å²) in [6, 6.07) is 7.61. The van der Waals surface area contributed by atoms with Crippen molar-refractivity contribution in [1.82, 2.24) is 10.2 Å². The van der Waals surface area contributed by atoms with E-state index >= 15 is 0 Å². The number of amides is 2. The second-order valence-corrected chi connectivity index (χ2v) is 7.41. The summed E-state index contributed by atoms with van der Waals surface area (Å²) in [4.78, 5) is 27.5. The maximum atomic E-state index is 12.6. The largest absolute Gasteiger partial charge is 0.353 e. The lowest BCUT2D eigenvalue weighted by molar-refractivity contribution is -0.126. The number of carbonyl (C=O) groups excluding carboxylic acids is 2. The Morgan fingerprint density at radius 1 is 1.00 bits per heavy atom. The highest BCUT2D eigenvalue weighted by atomic mass is 32.1. The number of hydrogen-bond acceptors (Lipinski definition) is 3. The van der Waals surface area contributed by atoms with Crippen LogP contribution in [0.25, 0.3) is 0 Å². The molecule has 5 heteroatoms. The first-order valence-corrected chi connectivity index (χ1v) is 9.47. The quantitative estimate of drug-likeness (QED) is 0.825. The number of carbonyl (C=O) groups is 2. The predicted molar refractivity (Wildman–Crippen MR) is 97.3 cm³/mol. The van der Waals surface area contributed by atoms with Crippen LogP contribution in [-0.2, 0) is 4.79 Å². The molecule has 1 aromatic carbocycles. The minimum atomic E-state index is 0.0395. The SMILES string of the molecule is O=C(NC1CCN(C(=O)c2ccccc2S)CC1)C1CCCCC1. The van der Waals surface area contributed by atoms with E-state index < -0.39 is 0 Å². The number of nitrogens with one attached hydrogen (secondary N) is 1. The van der Waals surface area contributed by atoms with E-state index in [1.165, 1.54) is 19.3 Å². The van der Waals surface area contributed by atoms with Crippen LogP contribution in [-0.4, -0.2) is 35.8 Å². The van der Waals surface area contributed by atoms with Gasteiger partial charge in [-0.05, 0) is 37.8 Å². The van der Waals surface area contributed by atoms with Gasteiger partial charge in [-0.1, -0.05) is 31.4 Å². The van der Waals surface area contributed by atoms with Crippen molar-refractivity contribution in [2.24, 2.45) is 5.92 Å². The summed E-state index contributed by atoms with van der Waals surface area (Å²) in [6.07, 6.45) is 7.33. The number of piperidine rings is 1. The molecule has 2 amide bonds. The van der Waals surface area contributed by atoms with Gasteiger partial charge in [0.25, 0.3) is 5.91 Å². The molecule has 0 atom stereocenters. The summed E-state index contributed by atoms with van der Waals surface area (Å²) < 4.78 is 0. The van der Waals surface area contributed by atoms with Crippen molar-refractivity contribution in [2.45, 2.75) is 55.9 Å². The van der Waals surface area contributed by atoms with Gasteiger partial charge >= 0.3 is 0 Å². The summed E-state index contributed by atoms with van der Waals surface area (Å²) in [5.41, 5.74) is 0.658. The Balaban J connectivity index is 1.49. The molecular formula is C19H26N2O2S. The van der Waals surface area contributed by atoms with Crippen LogP contribution in [0, 0.1) is 5.92 Å². The van der Waals surface area contributed by atoms with Gasteiger partial charge in [-0.15, -0.1) is 12.6 Å². The first-order chi connectivity index (χ1) is 11.6. The van der Waals surface area contributed by atoms with Crippen LogP contribution in [0.2, 0.25) is 0 Å². The molecule has 1 aromatic rings. The highest BCUT2D eigenvalue weighted by Crippen LogP contribution is 2.24. The molecule has 0 aromatic heterocycles. The number of nitrogens with zero attached hydrogens (tertiary/aromatic N) is 1. The predicted octanol–water partition coefficient (Wildman–Crippen LogP) is 3.28. The highest BCUT2D eigenvalue weighted by Gasteiger charge is 2.28. The van der Waals surface area contributed by atoms with E-state index in [0.29, 0.717) is 18.7 Å². The highest BCUT2D eigenvalue weighted by molar-refractivity contribution is 7.80. The Morgan fingerprint density at radius 3 is 2.33 bits per heavy atom. The molecule has 1 N–H and O–H groups in total. The van der Waals surface area contributed by atoms with Crippen molar-refractivity contribution in [2.75, 3.05) is 13.1 Å². The molecule has 3 rings (SSSR count). The lowest BCUT2D eigenvalue weighted by atomic mass is 9.88. The van der Waals surface area contributed by atoms with E-state index in [2.05, 4.69) is 17.9 Å². The standard InChI is InChI=1S/C19H26N2O2S/c22-18(14-6-2-1-3-7-14)20-15-10-12-21(13-11-15)19(23)16-8-4-5-9-17(16)24/h4-5,8-9,14-15,24H,1-3,6-7,10-13H2,(H,20,22). The Kier molecular flexibility index (Phi) is 5.82. The third-order valence-corrected chi connectivity index (χ3v) is 5.63. The summed E-state index contributed by atoms with van der Waals surface area (Å²) >= 11 is 4.37. The average molecular weight is 346 g/mol. The molecule has 4 nitrogen and oxygen atoms in total. The molecule has 1 heterocycles. The van der Waals surface area contributed by atoms with Gasteiger partial charge in [-0.3, -0.25) is 9.59 Å². The van der Waals surface area contributed by atoms with Crippen molar-refractivity contribution < 1.29 is 9.59 Å². The van der Waals surface area contributed by atoms with Gasteiger partial charge in [0.2, 0.25) is 5.91 Å². The summed E-state index contributed by atoms with van der Waals surface area (Å²) in [5.74, 6) is 0.465. The molecule has 1 saturated heterocycles. The molecule has 0 radical (unpaired) electrons. The van der Waals surface area contributed by atoms with Crippen LogP contribution >= 0.6 is 12.6 Å². The van der Waals surface area contributed by atoms with E-state index in [1.807, 2.05) is 29.2 Å². The van der Waals surface area contributed by atoms with Gasteiger partial charge < -0.3 is 10.2 Å². The first-order valence-electron chi connectivity index (χ1n) is 9.03. The maximum Gasteiger partial charge on any atom is 0.254 e. The number of rotatable bonds is 3. The zero-order valence-corrected chi connectivity index (χ0v) is 14.9. The molecule has 24 heavy (non-hydrogen) atoms. The van der Waals surface area contributed by atoms with Crippen molar-refractivity contribution >= 4 is 24.4 Å². The van der Waals surface area contributed by atoms with Gasteiger partial charge in [0.15, 0.2) is 0 Å². The summed E-state index contributed by atoms with van der Waals surface area (Å²) in [6.45, 7) is 1.38. The smallest absolute Gasteiger partial charge is 0.254 e. The van der Waals surface area contributed by atoms with Crippen LogP contribution in [0.15, 0.2) is 29.2 Å². The number of likely N-dealkylation sites (tertiary alicyclic amines) is 1. The van der Waals surface area contributed by atoms with Gasteiger partial charge in [-0.2, -0.15) is 0 Å². The van der Waals surface area contributed by atoms with Gasteiger partial charge in [0.05, 0.1) is 5.56 Å². The second kappa shape index (κ2) is 8.06. The monoisotopic (exact) mass is 346 g/mol. The van der Waals surface area contributed by atoms with E-state index in [9.17, 15) is 9.59 Å². The molecule has 1 aliphatic heterocycles. The Hall–Kier alpha value is -1.49. The molecule has 0 bridgehead atoms. The maximum absolute atomic E-state index is 12.6. The minimum absolute atomic E-state index is 0.0395. The molecule has 1 aliphatic carbocycles. The van der Waals surface area contributed by atoms with E-state index in [4.69, 9.17) is 0 Å². The van der Waals surface area contributed by atoms with E-state index in [1.54, 1.807) is 0 Å². The van der Waals surface area contributed by atoms with Gasteiger partial charge in [-0.25, -0.2) is 0 Å². The Morgan fingerprint density at radius 2 is 1.67 bits per heavy atom. The topological polar surface area (TPSA) is 49.4 Å². The van der Waals surface area contributed by atoms with Gasteiger partial charge in [0, 0.05) is 29.9 Å². The zero-order chi connectivity index (χ0) is 16.9.